The fourth-order valence-electron chi connectivity index (χ4n) is 3.98. The SMILES string of the molecule is CNS(=O)(=O)c1ccc(C(C)(C)c2cc(Cl)cc(NC(=O)c3cc4cc(NS(C)(=O)=O)ccc4s3)c2)cc1. The predicted molar refractivity (Wildman–Crippen MR) is 155 cm³/mol. The second kappa shape index (κ2) is 10.3. The van der Waals surface area contributed by atoms with Crippen molar-refractivity contribution in [2.75, 3.05) is 23.3 Å². The van der Waals surface area contributed by atoms with Gasteiger partial charge >= 0.3 is 0 Å². The molecule has 200 valence electrons. The van der Waals surface area contributed by atoms with Crippen molar-refractivity contribution in [3.05, 3.63) is 87.8 Å². The zero-order valence-corrected chi connectivity index (χ0v) is 24.2. The van der Waals surface area contributed by atoms with Crippen LogP contribution in [0.2, 0.25) is 5.02 Å². The Kier molecular flexibility index (Phi) is 7.61. The van der Waals surface area contributed by atoms with Crippen LogP contribution in [0.1, 0.15) is 34.6 Å². The Balaban J connectivity index is 1.59. The second-order valence-electron chi connectivity index (χ2n) is 9.28. The van der Waals surface area contributed by atoms with E-state index in [2.05, 4.69) is 14.8 Å². The number of halogens is 1. The zero-order valence-electron chi connectivity index (χ0n) is 21.0. The minimum Gasteiger partial charge on any atom is -0.321 e. The first kappa shape index (κ1) is 28.1. The van der Waals surface area contributed by atoms with Crippen LogP contribution < -0.4 is 14.8 Å². The smallest absolute Gasteiger partial charge is 0.265 e. The summed E-state index contributed by atoms with van der Waals surface area (Å²) in [5.74, 6) is -0.323. The van der Waals surface area contributed by atoms with E-state index in [0.717, 1.165) is 27.5 Å². The van der Waals surface area contributed by atoms with Gasteiger partial charge in [0.2, 0.25) is 20.0 Å². The monoisotopic (exact) mass is 591 g/mol. The van der Waals surface area contributed by atoms with E-state index in [1.807, 2.05) is 26.0 Å². The quantitative estimate of drug-likeness (QED) is 0.253. The minimum atomic E-state index is -3.55. The number of amides is 1. The molecular weight excluding hydrogens is 566 g/mol. The summed E-state index contributed by atoms with van der Waals surface area (Å²) < 4.78 is 52.8. The largest absolute Gasteiger partial charge is 0.321 e. The molecule has 0 aliphatic carbocycles. The van der Waals surface area contributed by atoms with E-state index in [0.29, 0.717) is 21.3 Å². The Bertz CT molecular complexity index is 1750. The molecule has 0 radical (unpaired) electrons. The molecule has 0 fully saturated rings. The highest BCUT2D eigenvalue weighted by atomic mass is 35.5. The van der Waals surface area contributed by atoms with E-state index >= 15 is 0 Å². The molecule has 0 saturated heterocycles. The first-order valence-electron chi connectivity index (χ1n) is 11.4. The summed E-state index contributed by atoms with van der Waals surface area (Å²) in [6.45, 7) is 3.97. The molecule has 8 nitrogen and oxygen atoms in total. The topological polar surface area (TPSA) is 121 Å². The number of thiophene rings is 1. The molecule has 1 heterocycles. The Morgan fingerprint density at radius 3 is 2.18 bits per heavy atom. The Hall–Kier alpha value is -2.96. The second-order valence-corrected chi connectivity index (χ2v) is 14.4. The number of nitrogens with one attached hydrogen (secondary N) is 3. The highest BCUT2D eigenvalue weighted by Crippen LogP contribution is 2.36. The van der Waals surface area contributed by atoms with Gasteiger partial charge in [-0.3, -0.25) is 9.52 Å². The van der Waals surface area contributed by atoms with Crippen LogP contribution >= 0.6 is 22.9 Å². The van der Waals surface area contributed by atoms with Crippen LogP contribution in [-0.2, 0) is 25.5 Å². The number of carbonyl (C=O) groups is 1. The lowest BCUT2D eigenvalue weighted by Crippen LogP contribution is -2.21. The van der Waals surface area contributed by atoms with E-state index in [-0.39, 0.29) is 10.8 Å². The number of carbonyl (C=O) groups excluding carboxylic acids is 1. The van der Waals surface area contributed by atoms with Gasteiger partial charge in [0.05, 0.1) is 16.0 Å². The van der Waals surface area contributed by atoms with Gasteiger partial charge < -0.3 is 5.32 Å². The van der Waals surface area contributed by atoms with Gasteiger partial charge in [-0.1, -0.05) is 37.6 Å². The molecule has 0 saturated carbocycles. The molecule has 0 atom stereocenters. The molecule has 0 bridgehead atoms. The van der Waals surface area contributed by atoms with Crippen LogP contribution in [0, 0.1) is 0 Å². The summed E-state index contributed by atoms with van der Waals surface area (Å²) in [5, 5.41) is 4.08. The molecule has 4 aromatic rings. The maximum atomic E-state index is 13.1. The molecule has 3 aromatic carbocycles. The van der Waals surface area contributed by atoms with Gasteiger partial charge in [0.15, 0.2) is 0 Å². The van der Waals surface area contributed by atoms with Crippen LogP contribution in [0.5, 0.6) is 0 Å². The van der Waals surface area contributed by atoms with E-state index in [4.69, 9.17) is 11.6 Å². The van der Waals surface area contributed by atoms with Crippen LogP contribution in [0.15, 0.2) is 71.6 Å². The van der Waals surface area contributed by atoms with Crippen LogP contribution in [0.3, 0.4) is 0 Å². The molecular formula is C26H26ClN3O5S3. The number of benzene rings is 3. The summed E-state index contributed by atoms with van der Waals surface area (Å²) >= 11 is 7.71. The third kappa shape index (κ3) is 6.19. The number of hydrogen-bond acceptors (Lipinski definition) is 6. The van der Waals surface area contributed by atoms with Crippen molar-refractivity contribution < 1.29 is 21.6 Å². The van der Waals surface area contributed by atoms with Crippen molar-refractivity contribution in [3.8, 4) is 0 Å². The molecule has 12 heteroatoms. The van der Waals surface area contributed by atoms with Gasteiger partial charge in [-0.25, -0.2) is 21.6 Å². The van der Waals surface area contributed by atoms with E-state index in [1.165, 1.54) is 18.4 Å². The van der Waals surface area contributed by atoms with Crippen LogP contribution in [0.4, 0.5) is 11.4 Å². The molecule has 0 aliphatic heterocycles. The lowest BCUT2D eigenvalue weighted by atomic mass is 9.78. The van der Waals surface area contributed by atoms with Crippen LogP contribution in [0.25, 0.3) is 10.1 Å². The lowest BCUT2D eigenvalue weighted by molar-refractivity contribution is 0.103. The van der Waals surface area contributed by atoms with Crippen molar-refractivity contribution in [2.45, 2.75) is 24.2 Å². The van der Waals surface area contributed by atoms with Gasteiger partial charge in [-0.2, -0.15) is 0 Å². The molecule has 0 spiro atoms. The maximum Gasteiger partial charge on any atom is 0.265 e. The summed E-state index contributed by atoms with van der Waals surface area (Å²) in [5.41, 5.74) is 2.08. The summed E-state index contributed by atoms with van der Waals surface area (Å²) in [7, 11) is -5.60. The molecule has 38 heavy (non-hydrogen) atoms. The van der Waals surface area contributed by atoms with E-state index in [9.17, 15) is 21.6 Å². The normalized spacial score (nSPS) is 12.4. The van der Waals surface area contributed by atoms with Crippen molar-refractivity contribution in [3.63, 3.8) is 0 Å². The Morgan fingerprint density at radius 2 is 1.55 bits per heavy atom. The van der Waals surface area contributed by atoms with Gasteiger partial charge in [0.1, 0.15) is 0 Å². The number of sulfonamides is 2. The lowest BCUT2D eigenvalue weighted by Gasteiger charge is -2.27. The highest BCUT2D eigenvalue weighted by molar-refractivity contribution is 7.92. The predicted octanol–water partition coefficient (Wildman–Crippen LogP) is 5.41. The summed E-state index contributed by atoms with van der Waals surface area (Å²) in [4.78, 5) is 13.7. The fourth-order valence-corrected chi connectivity index (χ4v) is 6.44. The first-order chi connectivity index (χ1) is 17.7. The van der Waals surface area contributed by atoms with Gasteiger partial charge in [0, 0.05) is 26.5 Å². The average Bonchev–Trinajstić information content (AvgIpc) is 3.26. The number of anilines is 2. The minimum absolute atomic E-state index is 0.168. The molecule has 0 unspecified atom stereocenters. The van der Waals surface area contributed by atoms with Crippen molar-refractivity contribution in [1.29, 1.82) is 0 Å². The Labute approximate surface area is 231 Å². The maximum absolute atomic E-state index is 13.1. The number of rotatable bonds is 8. The van der Waals surface area contributed by atoms with E-state index in [1.54, 1.807) is 54.6 Å². The van der Waals surface area contributed by atoms with Crippen molar-refractivity contribution in [2.24, 2.45) is 0 Å². The zero-order chi connectivity index (χ0) is 27.9. The van der Waals surface area contributed by atoms with Crippen molar-refractivity contribution in [1.82, 2.24) is 4.72 Å². The molecule has 1 amide bonds. The van der Waals surface area contributed by atoms with Gasteiger partial charge in [-0.15, -0.1) is 11.3 Å². The number of hydrogen-bond donors (Lipinski definition) is 3. The van der Waals surface area contributed by atoms with Gasteiger partial charge in [-0.05, 0) is 78.2 Å². The summed E-state index contributed by atoms with van der Waals surface area (Å²) in [6.07, 6.45) is 1.08. The van der Waals surface area contributed by atoms with Crippen molar-refractivity contribution >= 4 is 70.4 Å². The molecule has 0 aliphatic rings. The fraction of sp³-hybridized carbons (Fsp3) is 0.192. The Morgan fingerprint density at radius 1 is 0.868 bits per heavy atom. The molecule has 1 aromatic heterocycles. The van der Waals surface area contributed by atoms with Gasteiger partial charge in [0.25, 0.3) is 5.91 Å². The molecule has 4 rings (SSSR count). The van der Waals surface area contributed by atoms with E-state index < -0.39 is 25.5 Å². The number of fused-ring (bicyclic) bond motifs is 1. The first-order valence-corrected chi connectivity index (χ1v) is 15.9. The average molecular weight is 592 g/mol. The third-order valence-electron chi connectivity index (χ3n) is 6.08. The standard InChI is InChI=1S/C26H26ClN3O5S3/c1-26(2,17-5-8-22(9-6-17)38(34,35)28-3)18-13-19(27)15-21(14-18)29-25(31)24-12-16-11-20(30-37(4,32)33)7-10-23(16)36-24/h5-15,28,30H,1-4H3,(H,29,31). The summed E-state index contributed by atoms with van der Waals surface area (Å²) in [6, 6.07) is 18.7. The third-order valence-corrected chi connectivity index (χ3v) is 9.45. The highest BCUT2D eigenvalue weighted by Gasteiger charge is 2.25. The molecule has 3 N–H and O–H groups in total. The van der Waals surface area contributed by atoms with Crippen LogP contribution in [-0.4, -0.2) is 36.0 Å².